The van der Waals surface area contributed by atoms with Crippen LogP contribution < -0.4 is 5.32 Å². The lowest BCUT2D eigenvalue weighted by molar-refractivity contribution is -0.155. The van der Waals surface area contributed by atoms with Crippen LogP contribution in [0.2, 0.25) is 5.02 Å². The largest absolute Gasteiger partial charge is 0.384 e. The summed E-state index contributed by atoms with van der Waals surface area (Å²) in [6.45, 7) is 10.5. The minimum Gasteiger partial charge on any atom is -0.384 e. The Morgan fingerprint density at radius 3 is 2.19 bits per heavy atom. The zero-order valence-electron chi connectivity index (χ0n) is 19.5. The number of amides is 2. The third-order valence-corrected chi connectivity index (χ3v) is 6.87. The summed E-state index contributed by atoms with van der Waals surface area (Å²) in [5.74, 6) is -0.449. The van der Waals surface area contributed by atoms with Crippen LogP contribution in [0.3, 0.4) is 0 Å². The second-order valence-corrected chi connectivity index (χ2v) is 10.3. The number of hydrogen-bond acceptors (Lipinski definition) is 3. The first-order valence-corrected chi connectivity index (χ1v) is 11.5. The zero-order valence-corrected chi connectivity index (χ0v) is 20.2. The lowest BCUT2D eigenvalue weighted by Gasteiger charge is -2.51. The normalized spacial score (nSPS) is 21.3. The van der Waals surface area contributed by atoms with E-state index in [-0.39, 0.29) is 17.7 Å². The van der Waals surface area contributed by atoms with Crippen LogP contribution in [-0.4, -0.2) is 41.0 Å². The van der Waals surface area contributed by atoms with Gasteiger partial charge in [0.25, 0.3) is 5.91 Å². The van der Waals surface area contributed by atoms with Gasteiger partial charge in [0.05, 0.1) is 5.60 Å². The molecule has 6 heteroatoms. The number of rotatable bonds is 5. The summed E-state index contributed by atoms with van der Waals surface area (Å²) in [5, 5.41) is 15.1. The van der Waals surface area contributed by atoms with E-state index in [0.29, 0.717) is 30.1 Å². The van der Waals surface area contributed by atoms with E-state index < -0.39 is 17.1 Å². The summed E-state index contributed by atoms with van der Waals surface area (Å²) in [6.07, 6.45) is 0.407. The van der Waals surface area contributed by atoms with E-state index in [2.05, 4.69) is 5.32 Å². The van der Waals surface area contributed by atoms with Gasteiger partial charge in [0, 0.05) is 29.1 Å². The predicted molar refractivity (Wildman–Crippen MR) is 128 cm³/mol. The van der Waals surface area contributed by atoms with Crippen molar-refractivity contribution >= 4 is 23.4 Å². The van der Waals surface area contributed by atoms with Crippen LogP contribution in [0.1, 0.15) is 55.6 Å². The molecule has 0 spiro atoms. The van der Waals surface area contributed by atoms with E-state index in [4.69, 9.17) is 11.6 Å². The molecule has 2 atom stereocenters. The summed E-state index contributed by atoms with van der Waals surface area (Å²) < 4.78 is 0. The molecule has 172 valence electrons. The number of carbonyl (C=O) groups is 2. The third-order valence-electron chi connectivity index (χ3n) is 6.62. The lowest BCUT2D eigenvalue weighted by atomic mass is 9.66. The molecule has 0 bridgehead atoms. The molecule has 0 unspecified atom stereocenters. The predicted octanol–water partition coefficient (Wildman–Crippen LogP) is 4.55. The van der Waals surface area contributed by atoms with E-state index in [1.807, 2.05) is 58.9 Å². The van der Waals surface area contributed by atoms with Crippen molar-refractivity contribution in [3.8, 4) is 0 Å². The molecule has 5 nitrogen and oxygen atoms in total. The number of halogens is 1. The fraction of sp³-hybridized carbons (Fsp3) is 0.462. The van der Waals surface area contributed by atoms with Crippen molar-refractivity contribution in [1.82, 2.24) is 10.2 Å². The average Bonchev–Trinajstić information content (AvgIpc) is 2.74. The van der Waals surface area contributed by atoms with Gasteiger partial charge >= 0.3 is 0 Å². The number of hydrogen-bond donors (Lipinski definition) is 2. The first-order chi connectivity index (χ1) is 14.9. The Labute approximate surface area is 195 Å². The van der Waals surface area contributed by atoms with Gasteiger partial charge in [0.1, 0.15) is 6.04 Å². The minimum atomic E-state index is -1.08. The summed E-state index contributed by atoms with van der Waals surface area (Å²) in [4.78, 5) is 28.0. The van der Waals surface area contributed by atoms with Crippen molar-refractivity contribution in [2.45, 2.75) is 52.7 Å². The Hall–Kier alpha value is -2.37. The monoisotopic (exact) mass is 456 g/mol. The quantitative estimate of drug-likeness (QED) is 0.693. The highest BCUT2D eigenvalue weighted by Crippen LogP contribution is 2.46. The summed E-state index contributed by atoms with van der Waals surface area (Å²) in [6, 6.07) is 13.9. The standard InChI is InChI=1S/C26H33ClN2O3/c1-17(2)22(28-23(30)19-8-6-18(3)7-9-19)24(31)29-15-14-26(32,25(4,5)16-29)20-10-12-21(27)13-11-20/h6-13,17,22,32H,14-16H2,1-5H3,(H,28,30)/t22-,26+/m1/s1. The van der Waals surface area contributed by atoms with Crippen molar-refractivity contribution < 1.29 is 14.7 Å². The Morgan fingerprint density at radius 2 is 1.66 bits per heavy atom. The molecule has 1 aliphatic rings. The van der Waals surface area contributed by atoms with Crippen LogP contribution in [-0.2, 0) is 10.4 Å². The summed E-state index contributed by atoms with van der Waals surface area (Å²) >= 11 is 6.02. The first-order valence-electron chi connectivity index (χ1n) is 11.1. The Morgan fingerprint density at radius 1 is 1.06 bits per heavy atom. The molecule has 0 saturated carbocycles. The van der Waals surface area contributed by atoms with Crippen molar-refractivity contribution in [2.75, 3.05) is 13.1 Å². The molecule has 3 rings (SSSR count). The number of carbonyl (C=O) groups excluding carboxylic acids is 2. The number of aliphatic hydroxyl groups is 1. The van der Waals surface area contributed by atoms with Crippen molar-refractivity contribution in [3.05, 3.63) is 70.2 Å². The van der Waals surface area contributed by atoms with Gasteiger partial charge in [-0.25, -0.2) is 0 Å². The Kier molecular flexibility index (Phi) is 7.01. The van der Waals surface area contributed by atoms with Gasteiger partial charge in [-0.15, -0.1) is 0 Å². The van der Waals surface area contributed by atoms with Gasteiger partial charge in [0.2, 0.25) is 5.91 Å². The van der Waals surface area contributed by atoms with Crippen LogP contribution in [0, 0.1) is 18.3 Å². The topological polar surface area (TPSA) is 69.6 Å². The highest BCUT2D eigenvalue weighted by molar-refractivity contribution is 6.30. The maximum absolute atomic E-state index is 13.5. The SMILES string of the molecule is Cc1ccc(C(=O)N[C@@H](C(=O)N2CC[C@](O)(c3ccc(Cl)cc3)C(C)(C)C2)C(C)C)cc1. The second kappa shape index (κ2) is 9.24. The van der Waals surface area contributed by atoms with E-state index in [1.54, 1.807) is 29.2 Å². The van der Waals surface area contributed by atoms with Gasteiger partial charge in [0.15, 0.2) is 0 Å². The van der Waals surface area contributed by atoms with E-state index in [9.17, 15) is 14.7 Å². The Balaban J connectivity index is 1.76. The van der Waals surface area contributed by atoms with Gasteiger partial charge in [-0.1, -0.05) is 69.1 Å². The van der Waals surface area contributed by atoms with Gasteiger partial charge in [-0.05, 0) is 49.1 Å². The minimum absolute atomic E-state index is 0.0721. The van der Waals surface area contributed by atoms with Crippen molar-refractivity contribution in [3.63, 3.8) is 0 Å². The first kappa shape index (κ1) is 24.3. The zero-order chi connectivity index (χ0) is 23.7. The molecular formula is C26H33ClN2O3. The van der Waals surface area contributed by atoms with Crippen LogP contribution in [0.25, 0.3) is 0 Å². The smallest absolute Gasteiger partial charge is 0.251 e. The van der Waals surface area contributed by atoms with Crippen LogP contribution in [0.4, 0.5) is 0 Å². The molecule has 1 aliphatic heterocycles. The lowest BCUT2D eigenvalue weighted by Crippen LogP contribution is -2.60. The number of piperidine rings is 1. The number of likely N-dealkylation sites (tertiary alicyclic amines) is 1. The fourth-order valence-electron chi connectivity index (χ4n) is 4.41. The van der Waals surface area contributed by atoms with E-state index >= 15 is 0 Å². The maximum Gasteiger partial charge on any atom is 0.251 e. The highest BCUT2D eigenvalue weighted by Gasteiger charge is 2.50. The molecule has 0 aromatic heterocycles. The summed E-state index contributed by atoms with van der Waals surface area (Å²) in [7, 11) is 0. The maximum atomic E-state index is 13.5. The summed E-state index contributed by atoms with van der Waals surface area (Å²) in [5.41, 5.74) is 0.739. The number of nitrogens with zero attached hydrogens (tertiary/aromatic N) is 1. The molecule has 32 heavy (non-hydrogen) atoms. The molecule has 2 aromatic carbocycles. The van der Waals surface area contributed by atoms with Crippen LogP contribution in [0.5, 0.6) is 0 Å². The molecule has 0 aliphatic carbocycles. The van der Waals surface area contributed by atoms with Crippen molar-refractivity contribution in [1.29, 1.82) is 0 Å². The number of nitrogens with one attached hydrogen (secondary N) is 1. The van der Waals surface area contributed by atoms with E-state index in [0.717, 1.165) is 11.1 Å². The molecule has 1 heterocycles. The van der Waals surface area contributed by atoms with Gasteiger partial charge in [-0.3, -0.25) is 9.59 Å². The van der Waals surface area contributed by atoms with Gasteiger partial charge in [-0.2, -0.15) is 0 Å². The highest BCUT2D eigenvalue weighted by atomic mass is 35.5. The molecular weight excluding hydrogens is 424 g/mol. The molecule has 2 N–H and O–H groups in total. The molecule has 2 amide bonds. The van der Waals surface area contributed by atoms with E-state index in [1.165, 1.54) is 0 Å². The van der Waals surface area contributed by atoms with Crippen LogP contribution in [0.15, 0.2) is 48.5 Å². The molecule has 1 fully saturated rings. The Bertz CT molecular complexity index is 970. The average molecular weight is 457 g/mol. The number of benzene rings is 2. The van der Waals surface area contributed by atoms with Gasteiger partial charge < -0.3 is 15.3 Å². The second-order valence-electron chi connectivity index (χ2n) is 9.82. The van der Waals surface area contributed by atoms with Crippen LogP contribution >= 0.6 is 11.6 Å². The molecule has 0 radical (unpaired) electrons. The third kappa shape index (κ3) is 4.84. The molecule has 2 aromatic rings. The van der Waals surface area contributed by atoms with Crippen molar-refractivity contribution in [2.24, 2.45) is 11.3 Å². The molecule has 1 saturated heterocycles. The number of aryl methyl sites for hydroxylation is 1. The fourth-order valence-corrected chi connectivity index (χ4v) is 4.54.